The number of aryl methyl sites for hydroxylation is 1. The van der Waals surface area contributed by atoms with Crippen LogP contribution < -0.4 is 5.32 Å². The van der Waals surface area contributed by atoms with Gasteiger partial charge in [0.25, 0.3) is 0 Å². The molecule has 17 heavy (non-hydrogen) atoms. The molecule has 0 fully saturated rings. The third-order valence-electron chi connectivity index (χ3n) is 3.71. The van der Waals surface area contributed by atoms with Crippen molar-refractivity contribution in [2.45, 2.75) is 65.0 Å². The highest BCUT2D eigenvalue weighted by molar-refractivity contribution is 7.10. The van der Waals surface area contributed by atoms with Gasteiger partial charge >= 0.3 is 0 Å². The fourth-order valence-corrected chi connectivity index (χ4v) is 3.66. The zero-order valence-corrected chi connectivity index (χ0v) is 12.1. The summed E-state index contributed by atoms with van der Waals surface area (Å²) in [5.74, 6) is 0.822. The Morgan fingerprint density at radius 3 is 2.94 bits per heavy atom. The van der Waals surface area contributed by atoms with Crippen LogP contribution in [0, 0.1) is 5.92 Å². The Labute approximate surface area is 110 Å². The van der Waals surface area contributed by atoms with Gasteiger partial charge in [0, 0.05) is 17.0 Å². The van der Waals surface area contributed by atoms with Gasteiger partial charge in [0.05, 0.1) is 0 Å². The van der Waals surface area contributed by atoms with Crippen LogP contribution in [0.1, 0.15) is 62.9 Å². The molecule has 1 heterocycles. The summed E-state index contributed by atoms with van der Waals surface area (Å²) in [6, 6.07) is 3.59. The van der Waals surface area contributed by atoms with E-state index >= 15 is 0 Å². The Balaban J connectivity index is 1.88. The fraction of sp³-hybridized carbons (Fsp3) is 0.733. The zero-order valence-electron chi connectivity index (χ0n) is 11.3. The number of hydrogen-bond acceptors (Lipinski definition) is 2. The van der Waals surface area contributed by atoms with Crippen molar-refractivity contribution in [3.63, 3.8) is 0 Å². The lowest BCUT2D eigenvalue weighted by atomic mass is 9.93. The van der Waals surface area contributed by atoms with Gasteiger partial charge in [-0.15, -0.1) is 11.3 Å². The average molecular weight is 251 g/mol. The molecule has 0 amide bonds. The first kappa shape index (κ1) is 13.1. The van der Waals surface area contributed by atoms with Crippen LogP contribution in [0.3, 0.4) is 0 Å². The predicted molar refractivity (Wildman–Crippen MR) is 76.7 cm³/mol. The van der Waals surface area contributed by atoms with Crippen molar-refractivity contribution >= 4 is 11.3 Å². The maximum Gasteiger partial charge on any atom is 0.0333 e. The van der Waals surface area contributed by atoms with Crippen molar-refractivity contribution in [3.05, 3.63) is 21.9 Å². The molecule has 1 nitrogen and oxygen atoms in total. The smallest absolute Gasteiger partial charge is 0.0333 e. The molecule has 1 aromatic heterocycles. The molecule has 0 saturated carbocycles. The van der Waals surface area contributed by atoms with Gasteiger partial charge in [-0.05, 0) is 62.0 Å². The maximum atomic E-state index is 3.82. The minimum absolute atomic E-state index is 0.618. The van der Waals surface area contributed by atoms with Crippen LogP contribution in [0.5, 0.6) is 0 Å². The number of nitrogens with one attached hydrogen (secondary N) is 1. The van der Waals surface area contributed by atoms with Crippen LogP contribution in [0.15, 0.2) is 11.4 Å². The lowest BCUT2D eigenvalue weighted by Gasteiger charge is -2.27. The van der Waals surface area contributed by atoms with Gasteiger partial charge in [-0.3, -0.25) is 0 Å². The van der Waals surface area contributed by atoms with Crippen molar-refractivity contribution in [2.24, 2.45) is 5.92 Å². The molecule has 2 atom stereocenters. The fourth-order valence-electron chi connectivity index (χ4n) is 2.67. The largest absolute Gasteiger partial charge is 0.307 e. The third kappa shape index (κ3) is 3.56. The van der Waals surface area contributed by atoms with Gasteiger partial charge in [-0.25, -0.2) is 0 Å². The molecule has 1 N–H and O–H groups in total. The normalized spacial score (nSPS) is 21.5. The highest BCUT2D eigenvalue weighted by Crippen LogP contribution is 2.33. The molecule has 1 aromatic rings. The van der Waals surface area contributed by atoms with Crippen molar-refractivity contribution in [3.8, 4) is 0 Å². The summed E-state index contributed by atoms with van der Waals surface area (Å²) in [6.07, 6.45) is 6.59. The number of hydrogen-bond donors (Lipinski definition) is 1. The molecule has 2 heteroatoms. The molecule has 0 aliphatic heterocycles. The Morgan fingerprint density at radius 1 is 1.35 bits per heavy atom. The molecule has 2 unspecified atom stereocenters. The van der Waals surface area contributed by atoms with E-state index in [1.54, 1.807) is 10.4 Å². The lowest BCUT2D eigenvalue weighted by Crippen LogP contribution is -2.32. The molecule has 0 saturated heterocycles. The SMILES string of the molecule is CC(C)CCC(C)NC1CCCc2sccc21. The predicted octanol–water partition coefficient (Wildman–Crippen LogP) is 4.54. The Kier molecular flexibility index (Phi) is 4.63. The number of thiophene rings is 1. The first-order valence-electron chi connectivity index (χ1n) is 6.99. The average Bonchev–Trinajstić information content (AvgIpc) is 2.75. The summed E-state index contributed by atoms with van der Waals surface area (Å²) in [5.41, 5.74) is 1.58. The first-order chi connectivity index (χ1) is 8.16. The van der Waals surface area contributed by atoms with Crippen LogP contribution >= 0.6 is 11.3 Å². The summed E-state index contributed by atoms with van der Waals surface area (Å²) >= 11 is 1.93. The molecular weight excluding hydrogens is 226 g/mol. The third-order valence-corrected chi connectivity index (χ3v) is 4.71. The highest BCUT2D eigenvalue weighted by Gasteiger charge is 2.22. The molecule has 1 aliphatic rings. The van der Waals surface area contributed by atoms with E-state index < -0.39 is 0 Å². The van der Waals surface area contributed by atoms with E-state index in [0.717, 1.165) is 5.92 Å². The summed E-state index contributed by atoms with van der Waals surface area (Å²) in [6.45, 7) is 6.96. The van der Waals surface area contributed by atoms with Gasteiger partial charge in [-0.1, -0.05) is 13.8 Å². The van der Waals surface area contributed by atoms with E-state index in [1.165, 1.54) is 32.1 Å². The van der Waals surface area contributed by atoms with E-state index in [2.05, 4.69) is 37.5 Å². The van der Waals surface area contributed by atoms with E-state index in [-0.39, 0.29) is 0 Å². The second-order valence-electron chi connectivity index (χ2n) is 5.78. The molecule has 0 spiro atoms. The molecule has 2 rings (SSSR count). The van der Waals surface area contributed by atoms with Gasteiger partial charge in [-0.2, -0.15) is 0 Å². The molecule has 0 bridgehead atoms. The minimum Gasteiger partial charge on any atom is -0.307 e. The number of fused-ring (bicyclic) bond motifs is 1. The topological polar surface area (TPSA) is 12.0 Å². The Morgan fingerprint density at radius 2 is 2.18 bits per heavy atom. The zero-order chi connectivity index (χ0) is 12.3. The lowest BCUT2D eigenvalue weighted by molar-refractivity contribution is 0.377. The van der Waals surface area contributed by atoms with Crippen LogP contribution in [0.4, 0.5) is 0 Å². The second kappa shape index (κ2) is 6.01. The van der Waals surface area contributed by atoms with Crippen molar-refractivity contribution in [1.82, 2.24) is 5.32 Å². The van der Waals surface area contributed by atoms with Crippen LogP contribution in [-0.2, 0) is 6.42 Å². The summed E-state index contributed by atoms with van der Waals surface area (Å²) in [4.78, 5) is 1.62. The number of rotatable bonds is 5. The standard InChI is InChI=1S/C15H25NS/c1-11(2)7-8-12(3)16-14-5-4-6-15-13(14)9-10-17-15/h9-12,14,16H,4-8H2,1-3H3. The second-order valence-corrected chi connectivity index (χ2v) is 6.78. The van der Waals surface area contributed by atoms with Crippen molar-refractivity contribution in [1.29, 1.82) is 0 Å². The monoisotopic (exact) mass is 251 g/mol. The summed E-state index contributed by atoms with van der Waals surface area (Å²) < 4.78 is 0. The molecule has 0 aromatic carbocycles. The Hall–Kier alpha value is -0.340. The van der Waals surface area contributed by atoms with Crippen LogP contribution in [-0.4, -0.2) is 6.04 Å². The quantitative estimate of drug-likeness (QED) is 0.810. The Bertz CT molecular complexity index is 342. The minimum atomic E-state index is 0.618. The highest BCUT2D eigenvalue weighted by atomic mass is 32.1. The molecule has 0 radical (unpaired) electrons. The van der Waals surface area contributed by atoms with Gasteiger partial charge in [0.15, 0.2) is 0 Å². The van der Waals surface area contributed by atoms with Crippen molar-refractivity contribution in [2.75, 3.05) is 0 Å². The molecule has 1 aliphatic carbocycles. The van der Waals surface area contributed by atoms with Crippen LogP contribution in [0.25, 0.3) is 0 Å². The van der Waals surface area contributed by atoms with Crippen LogP contribution in [0.2, 0.25) is 0 Å². The van der Waals surface area contributed by atoms with E-state index in [9.17, 15) is 0 Å². The van der Waals surface area contributed by atoms with E-state index in [1.807, 2.05) is 11.3 Å². The van der Waals surface area contributed by atoms with Gasteiger partial charge < -0.3 is 5.32 Å². The molecular formula is C15H25NS. The van der Waals surface area contributed by atoms with E-state index in [0.29, 0.717) is 12.1 Å². The van der Waals surface area contributed by atoms with E-state index in [4.69, 9.17) is 0 Å². The molecule has 96 valence electrons. The van der Waals surface area contributed by atoms with Crippen molar-refractivity contribution < 1.29 is 0 Å². The maximum absolute atomic E-state index is 3.82. The van der Waals surface area contributed by atoms with Gasteiger partial charge in [0.1, 0.15) is 0 Å². The summed E-state index contributed by atoms with van der Waals surface area (Å²) in [7, 11) is 0. The summed E-state index contributed by atoms with van der Waals surface area (Å²) in [5, 5.41) is 6.08. The first-order valence-corrected chi connectivity index (χ1v) is 7.87. The van der Waals surface area contributed by atoms with Gasteiger partial charge in [0.2, 0.25) is 0 Å².